The van der Waals surface area contributed by atoms with E-state index in [1.54, 1.807) is 23.5 Å². The van der Waals surface area contributed by atoms with Gasteiger partial charge in [-0.25, -0.2) is 0 Å². The van der Waals surface area contributed by atoms with Crippen molar-refractivity contribution in [3.63, 3.8) is 0 Å². The van der Waals surface area contributed by atoms with Gasteiger partial charge in [-0.2, -0.15) is 0 Å². The lowest BCUT2D eigenvalue weighted by Gasteiger charge is -2.23. The molecule has 0 N–H and O–H groups in total. The third kappa shape index (κ3) is 2.18. The second-order valence-corrected chi connectivity index (χ2v) is 6.09. The van der Waals surface area contributed by atoms with E-state index in [0.29, 0.717) is 5.92 Å². The lowest BCUT2D eigenvalue weighted by molar-refractivity contribution is -0.0645. The first-order valence-corrected chi connectivity index (χ1v) is 6.81. The van der Waals surface area contributed by atoms with Crippen LogP contribution in [0.4, 0.5) is 0 Å². The molecule has 2 nitrogen and oxygen atoms in total. The van der Waals surface area contributed by atoms with Crippen LogP contribution in [0.3, 0.4) is 0 Å². The van der Waals surface area contributed by atoms with Gasteiger partial charge in [0.25, 0.3) is 0 Å². The van der Waals surface area contributed by atoms with Crippen molar-refractivity contribution in [1.29, 1.82) is 0 Å². The fourth-order valence-corrected chi connectivity index (χ4v) is 4.48. The van der Waals surface area contributed by atoms with Crippen LogP contribution >= 0.6 is 23.5 Å². The molecule has 0 saturated carbocycles. The molecular weight excluding hydrogens is 228 g/mol. The van der Waals surface area contributed by atoms with Crippen LogP contribution in [-0.2, 0) is 9.47 Å². The highest BCUT2D eigenvalue weighted by Gasteiger charge is 2.36. The summed E-state index contributed by atoms with van der Waals surface area (Å²) in [5.74, 6) is 0.458. The van der Waals surface area contributed by atoms with E-state index >= 15 is 0 Å². The van der Waals surface area contributed by atoms with Crippen molar-refractivity contribution in [3.8, 4) is 0 Å². The van der Waals surface area contributed by atoms with Gasteiger partial charge in [-0.15, -0.1) is 0 Å². The minimum Gasteiger partial charge on any atom is -0.361 e. The van der Waals surface area contributed by atoms with Crippen LogP contribution in [0, 0.1) is 5.92 Å². The Labute approximate surface area is 97.8 Å². The summed E-state index contributed by atoms with van der Waals surface area (Å²) < 4.78 is 12.6. The molecule has 0 spiro atoms. The zero-order valence-corrected chi connectivity index (χ0v) is 9.80. The Morgan fingerprint density at radius 1 is 1.07 bits per heavy atom. The van der Waals surface area contributed by atoms with E-state index in [4.69, 9.17) is 9.47 Å². The van der Waals surface area contributed by atoms with E-state index in [0.717, 1.165) is 13.2 Å². The van der Waals surface area contributed by atoms with E-state index in [2.05, 4.69) is 30.4 Å². The van der Waals surface area contributed by atoms with Gasteiger partial charge in [0.05, 0.1) is 13.2 Å². The molecule has 80 valence electrons. The molecule has 1 aliphatic carbocycles. The van der Waals surface area contributed by atoms with Gasteiger partial charge in [-0.3, -0.25) is 0 Å². The minimum atomic E-state index is 0.198. The average molecular weight is 240 g/mol. The highest BCUT2D eigenvalue weighted by atomic mass is 32.2. The molecule has 0 radical (unpaired) electrons. The Balaban J connectivity index is 1.69. The van der Waals surface area contributed by atoms with Crippen LogP contribution in [0.2, 0.25) is 0 Å². The summed E-state index contributed by atoms with van der Waals surface area (Å²) in [4.78, 5) is 0. The average Bonchev–Trinajstić information content (AvgIpc) is 2.86. The van der Waals surface area contributed by atoms with Gasteiger partial charge in [0, 0.05) is 10.2 Å². The zero-order valence-electron chi connectivity index (χ0n) is 8.17. The van der Waals surface area contributed by atoms with Gasteiger partial charge in [0.1, 0.15) is 10.9 Å². The lowest BCUT2D eigenvalue weighted by Crippen LogP contribution is -2.30. The van der Waals surface area contributed by atoms with Gasteiger partial charge in [0.2, 0.25) is 0 Å². The van der Waals surface area contributed by atoms with Gasteiger partial charge in [-0.05, 0) is 0 Å². The van der Waals surface area contributed by atoms with Crippen molar-refractivity contribution < 1.29 is 9.47 Å². The van der Waals surface area contributed by atoms with Crippen LogP contribution < -0.4 is 0 Å². The Morgan fingerprint density at radius 3 is 2.27 bits per heavy atom. The monoisotopic (exact) mass is 240 g/mol. The van der Waals surface area contributed by atoms with E-state index in [1.165, 1.54) is 4.24 Å². The predicted octanol–water partition coefficient (Wildman–Crippen LogP) is 2.75. The van der Waals surface area contributed by atoms with Crippen molar-refractivity contribution in [2.45, 2.75) is 10.9 Å². The maximum Gasteiger partial charge on any atom is 0.144 e. The summed E-state index contributed by atoms with van der Waals surface area (Å²) in [5.41, 5.74) is 0.397. The van der Waals surface area contributed by atoms with Crippen molar-refractivity contribution in [3.05, 3.63) is 34.6 Å². The van der Waals surface area contributed by atoms with Crippen molar-refractivity contribution in [2.24, 2.45) is 5.92 Å². The SMILES string of the molecule is C1=CC(C=C2SC3OCCOC3S2)C=C1. The molecule has 2 heterocycles. The molecule has 3 aliphatic rings. The predicted molar refractivity (Wildman–Crippen MR) is 64.5 cm³/mol. The molecular formula is C11H12O2S2. The summed E-state index contributed by atoms with van der Waals surface area (Å²) in [6, 6.07) is 0. The van der Waals surface area contributed by atoms with Crippen molar-refractivity contribution >= 4 is 23.5 Å². The summed E-state index contributed by atoms with van der Waals surface area (Å²) >= 11 is 3.58. The van der Waals surface area contributed by atoms with E-state index < -0.39 is 0 Å². The molecule has 2 fully saturated rings. The van der Waals surface area contributed by atoms with Crippen molar-refractivity contribution in [1.82, 2.24) is 0 Å². The molecule has 0 amide bonds. The Hall–Kier alpha value is -0.160. The minimum absolute atomic E-state index is 0.198. The number of rotatable bonds is 1. The van der Waals surface area contributed by atoms with Crippen molar-refractivity contribution in [2.75, 3.05) is 13.2 Å². The van der Waals surface area contributed by atoms with Crippen LogP contribution in [0.15, 0.2) is 34.6 Å². The Morgan fingerprint density at radius 2 is 1.67 bits per heavy atom. The molecule has 0 aromatic heterocycles. The highest BCUT2D eigenvalue weighted by molar-refractivity contribution is 8.25. The molecule has 2 atom stereocenters. The summed E-state index contributed by atoms with van der Waals surface area (Å²) in [6.07, 6.45) is 10.8. The van der Waals surface area contributed by atoms with E-state index in [-0.39, 0.29) is 10.9 Å². The number of fused-ring (bicyclic) bond motifs is 1. The van der Waals surface area contributed by atoms with Crippen LogP contribution in [0.5, 0.6) is 0 Å². The third-order valence-electron chi connectivity index (χ3n) is 2.44. The van der Waals surface area contributed by atoms with E-state index in [1.807, 2.05) is 0 Å². The number of thioether (sulfide) groups is 2. The van der Waals surface area contributed by atoms with Gasteiger partial charge in [-0.1, -0.05) is 53.9 Å². The van der Waals surface area contributed by atoms with Crippen LogP contribution in [-0.4, -0.2) is 24.1 Å². The highest BCUT2D eigenvalue weighted by Crippen LogP contribution is 2.49. The number of ether oxygens (including phenoxy) is 2. The number of allylic oxidation sites excluding steroid dienone is 5. The molecule has 0 aromatic carbocycles. The first-order chi connectivity index (χ1) is 7.42. The fraction of sp³-hybridized carbons (Fsp3) is 0.455. The first kappa shape index (κ1) is 10.0. The second kappa shape index (κ2) is 4.37. The number of hydrogen-bond donors (Lipinski definition) is 0. The summed E-state index contributed by atoms with van der Waals surface area (Å²) in [6.45, 7) is 1.45. The second-order valence-electron chi connectivity index (χ2n) is 3.55. The standard InChI is InChI=1S/C11H12O2S2/c1-2-4-8(3-1)7-9-14-10-11(15-9)13-6-5-12-10/h1-4,7-8,10-11H,5-6H2. The Kier molecular flexibility index (Phi) is 2.92. The topological polar surface area (TPSA) is 18.5 Å². The Bertz CT molecular complexity index is 307. The third-order valence-corrected chi connectivity index (χ3v) is 5.16. The van der Waals surface area contributed by atoms with Crippen LogP contribution in [0.25, 0.3) is 0 Å². The van der Waals surface area contributed by atoms with Gasteiger partial charge in [0.15, 0.2) is 0 Å². The number of hydrogen-bond acceptors (Lipinski definition) is 4. The normalized spacial score (nSPS) is 34.8. The molecule has 2 saturated heterocycles. The maximum absolute atomic E-state index is 5.64. The van der Waals surface area contributed by atoms with Gasteiger partial charge >= 0.3 is 0 Å². The molecule has 2 aliphatic heterocycles. The lowest BCUT2D eigenvalue weighted by atomic mass is 10.2. The fourth-order valence-electron chi connectivity index (χ4n) is 1.72. The van der Waals surface area contributed by atoms with E-state index in [9.17, 15) is 0 Å². The quantitative estimate of drug-likeness (QED) is 0.701. The first-order valence-electron chi connectivity index (χ1n) is 5.05. The van der Waals surface area contributed by atoms with Gasteiger partial charge < -0.3 is 9.47 Å². The molecule has 3 rings (SSSR count). The molecule has 4 heteroatoms. The molecule has 0 aromatic rings. The molecule has 15 heavy (non-hydrogen) atoms. The summed E-state index contributed by atoms with van der Waals surface area (Å²) in [7, 11) is 0. The smallest absolute Gasteiger partial charge is 0.144 e. The van der Waals surface area contributed by atoms with Crippen LogP contribution in [0.1, 0.15) is 0 Å². The largest absolute Gasteiger partial charge is 0.361 e. The zero-order chi connectivity index (χ0) is 10.1. The molecule has 0 bridgehead atoms. The summed E-state index contributed by atoms with van der Waals surface area (Å²) in [5, 5.41) is 0. The molecule has 2 unspecified atom stereocenters. The maximum atomic E-state index is 5.64.